The summed E-state index contributed by atoms with van der Waals surface area (Å²) in [4.78, 5) is 17.5. The second-order valence-corrected chi connectivity index (χ2v) is 5.00. The van der Waals surface area contributed by atoms with Crippen LogP contribution in [0.5, 0.6) is 0 Å². The molecule has 1 aliphatic rings. The van der Waals surface area contributed by atoms with Gasteiger partial charge in [0.1, 0.15) is 6.26 Å². The van der Waals surface area contributed by atoms with Gasteiger partial charge in [-0.05, 0) is 29.7 Å². The molecule has 0 atom stereocenters. The normalized spacial score (nSPS) is 13.9. The molecule has 20 heavy (non-hydrogen) atoms. The summed E-state index contributed by atoms with van der Waals surface area (Å²) in [6.07, 6.45) is 3.39. The molecule has 3 rings (SSSR count). The van der Waals surface area contributed by atoms with Crippen LogP contribution >= 0.6 is 11.6 Å². The topological polar surface area (TPSA) is 55.6 Å². The average Bonchev–Trinajstić information content (AvgIpc) is 2.97. The minimum Gasteiger partial charge on any atom is -0.446 e. The molecule has 1 aliphatic heterocycles. The fourth-order valence-electron chi connectivity index (χ4n) is 2.22. The Labute approximate surface area is 121 Å². The molecule has 0 radical (unpaired) electrons. The quantitative estimate of drug-likeness (QED) is 0.854. The van der Waals surface area contributed by atoms with Crippen LogP contribution in [-0.2, 0) is 24.3 Å². The lowest BCUT2D eigenvalue weighted by molar-refractivity contribution is 0.0843. The van der Waals surface area contributed by atoms with Crippen molar-refractivity contribution in [2.24, 2.45) is 0 Å². The van der Waals surface area contributed by atoms with E-state index < -0.39 is 0 Å². The summed E-state index contributed by atoms with van der Waals surface area (Å²) in [5, 5.41) is 0.726. The largest absolute Gasteiger partial charge is 0.446 e. The Balaban J connectivity index is 1.61. The summed E-state index contributed by atoms with van der Waals surface area (Å²) in [5.74, 6) is 0.391. The average molecular weight is 293 g/mol. The van der Waals surface area contributed by atoms with E-state index in [4.69, 9.17) is 20.8 Å². The fraction of sp³-hybridized carbons (Fsp3) is 0.286. The molecule has 1 amide bonds. The molecule has 1 aromatic carbocycles. The number of ether oxygens (including phenoxy) is 1. The van der Waals surface area contributed by atoms with Crippen molar-refractivity contribution in [1.29, 1.82) is 0 Å². The SMILES string of the molecule is O=C(OCc1ncco1)N1CCc2cc(Cl)ccc2C1. The number of carbonyl (C=O) groups excluding carboxylic acids is 1. The maximum absolute atomic E-state index is 12.0. The van der Waals surface area contributed by atoms with Crippen molar-refractivity contribution in [2.45, 2.75) is 19.6 Å². The lowest BCUT2D eigenvalue weighted by atomic mass is 10.0. The van der Waals surface area contributed by atoms with Gasteiger partial charge in [-0.1, -0.05) is 17.7 Å². The van der Waals surface area contributed by atoms with Gasteiger partial charge in [-0.2, -0.15) is 0 Å². The number of halogens is 1. The van der Waals surface area contributed by atoms with Crippen molar-refractivity contribution in [3.8, 4) is 0 Å². The number of rotatable bonds is 2. The van der Waals surface area contributed by atoms with Gasteiger partial charge in [-0.3, -0.25) is 0 Å². The summed E-state index contributed by atoms with van der Waals surface area (Å²) < 4.78 is 10.2. The Morgan fingerprint density at radius 1 is 1.45 bits per heavy atom. The molecule has 0 saturated carbocycles. The summed E-state index contributed by atoms with van der Waals surface area (Å²) in [5.41, 5.74) is 2.29. The first-order valence-corrected chi connectivity index (χ1v) is 6.67. The van der Waals surface area contributed by atoms with E-state index in [1.54, 1.807) is 4.90 Å². The Morgan fingerprint density at radius 2 is 2.35 bits per heavy atom. The molecular weight excluding hydrogens is 280 g/mol. The maximum Gasteiger partial charge on any atom is 0.410 e. The second-order valence-electron chi connectivity index (χ2n) is 4.57. The Bertz CT molecular complexity index is 613. The molecule has 0 spiro atoms. The molecule has 2 heterocycles. The molecule has 104 valence electrons. The Hall–Kier alpha value is -2.01. The number of aromatic nitrogens is 1. The third-order valence-corrected chi connectivity index (χ3v) is 3.48. The van der Waals surface area contributed by atoms with Crippen molar-refractivity contribution in [1.82, 2.24) is 9.88 Å². The highest BCUT2D eigenvalue weighted by Gasteiger charge is 2.22. The molecule has 6 heteroatoms. The first kappa shape index (κ1) is 13.0. The Kier molecular flexibility index (Phi) is 3.60. The fourth-order valence-corrected chi connectivity index (χ4v) is 2.41. The van der Waals surface area contributed by atoms with Crippen LogP contribution in [0.1, 0.15) is 17.0 Å². The zero-order valence-corrected chi connectivity index (χ0v) is 11.5. The van der Waals surface area contributed by atoms with Gasteiger partial charge in [0.05, 0.1) is 6.20 Å². The highest BCUT2D eigenvalue weighted by atomic mass is 35.5. The van der Waals surface area contributed by atoms with Crippen LogP contribution in [0.4, 0.5) is 4.79 Å². The van der Waals surface area contributed by atoms with Crippen LogP contribution in [0.3, 0.4) is 0 Å². The van der Waals surface area contributed by atoms with E-state index in [0.29, 0.717) is 19.0 Å². The third-order valence-electron chi connectivity index (χ3n) is 3.24. The zero-order valence-electron chi connectivity index (χ0n) is 10.7. The standard InChI is InChI=1S/C14H13ClN2O3/c15-12-2-1-11-8-17(5-3-10(11)7-12)14(18)20-9-13-16-4-6-19-13/h1-2,4,6-7H,3,5,8-9H2. The highest BCUT2D eigenvalue weighted by molar-refractivity contribution is 6.30. The highest BCUT2D eigenvalue weighted by Crippen LogP contribution is 2.23. The van der Waals surface area contributed by atoms with Crippen LogP contribution in [-0.4, -0.2) is 22.5 Å². The molecular formula is C14H13ClN2O3. The van der Waals surface area contributed by atoms with Gasteiger partial charge in [-0.15, -0.1) is 0 Å². The summed E-state index contributed by atoms with van der Waals surface area (Å²) in [6.45, 7) is 1.21. The lowest BCUT2D eigenvalue weighted by Crippen LogP contribution is -2.36. The van der Waals surface area contributed by atoms with Gasteiger partial charge in [0.2, 0.25) is 5.89 Å². The van der Waals surface area contributed by atoms with Crippen molar-refractivity contribution < 1.29 is 13.9 Å². The number of hydrogen-bond donors (Lipinski definition) is 0. The minimum absolute atomic E-state index is 0.0514. The molecule has 2 aromatic rings. The van der Waals surface area contributed by atoms with Crippen LogP contribution in [0.15, 0.2) is 35.1 Å². The van der Waals surface area contributed by atoms with E-state index in [9.17, 15) is 4.79 Å². The predicted molar refractivity (Wildman–Crippen MR) is 72.3 cm³/mol. The summed E-state index contributed by atoms with van der Waals surface area (Å²) in [6, 6.07) is 5.74. The monoisotopic (exact) mass is 292 g/mol. The molecule has 1 aromatic heterocycles. The molecule has 0 N–H and O–H groups in total. The van der Waals surface area contributed by atoms with Crippen LogP contribution < -0.4 is 0 Å². The van der Waals surface area contributed by atoms with Crippen molar-refractivity contribution in [2.75, 3.05) is 6.54 Å². The van der Waals surface area contributed by atoms with E-state index in [1.807, 2.05) is 18.2 Å². The molecule has 0 bridgehead atoms. The number of fused-ring (bicyclic) bond motifs is 1. The van der Waals surface area contributed by atoms with Crippen molar-refractivity contribution in [3.63, 3.8) is 0 Å². The van der Waals surface area contributed by atoms with Crippen molar-refractivity contribution in [3.05, 3.63) is 52.7 Å². The maximum atomic E-state index is 12.0. The molecule has 0 saturated heterocycles. The van der Waals surface area contributed by atoms with E-state index >= 15 is 0 Å². The van der Waals surface area contributed by atoms with Gasteiger partial charge in [0.15, 0.2) is 6.61 Å². The van der Waals surface area contributed by atoms with Gasteiger partial charge in [-0.25, -0.2) is 9.78 Å². The van der Waals surface area contributed by atoms with E-state index in [2.05, 4.69) is 4.98 Å². The smallest absolute Gasteiger partial charge is 0.410 e. The van der Waals surface area contributed by atoms with E-state index in [1.165, 1.54) is 18.0 Å². The van der Waals surface area contributed by atoms with Crippen molar-refractivity contribution >= 4 is 17.7 Å². The Morgan fingerprint density at radius 3 is 3.15 bits per heavy atom. The number of hydrogen-bond acceptors (Lipinski definition) is 4. The molecule has 5 nitrogen and oxygen atoms in total. The van der Waals surface area contributed by atoms with Gasteiger partial charge >= 0.3 is 6.09 Å². The van der Waals surface area contributed by atoms with E-state index in [-0.39, 0.29) is 12.7 Å². The molecule has 0 fully saturated rings. The number of benzene rings is 1. The van der Waals surface area contributed by atoms with E-state index in [0.717, 1.165) is 17.0 Å². The van der Waals surface area contributed by atoms with Gasteiger partial charge < -0.3 is 14.1 Å². The van der Waals surface area contributed by atoms with Crippen LogP contribution in [0.2, 0.25) is 5.02 Å². The number of carbonyl (C=O) groups is 1. The number of nitrogens with zero attached hydrogens (tertiary/aromatic N) is 2. The van der Waals surface area contributed by atoms with Gasteiger partial charge in [0, 0.05) is 18.1 Å². The van der Waals surface area contributed by atoms with Crippen LogP contribution in [0.25, 0.3) is 0 Å². The van der Waals surface area contributed by atoms with Crippen LogP contribution in [0, 0.1) is 0 Å². The summed E-state index contributed by atoms with van der Waals surface area (Å²) in [7, 11) is 0. The zero-order chi connectivity index (χ0) is 13.9. The number of oxazole rings is 1. The lowest BCUT2D eigenvalue weighted by Gasteiger charge is -2.28. The first-order chi connectivity index (χ1) is 9.72. The van der Waals surface area contributed by atoms with Gasteiger partial charge in [0.25, 0.3) is 0 Å². The molecule has 0 aliphatic carbocycles. The third kappa shape index (κ3) is 2.77. The number of amides is 1. The minimum atomic E-state index is -0.358. The second kappa shape index (κ2) is 5.54. The molecule has 0 unspecified atom stereocenters. The first-order valence-electron chi connectivity index (χ1n) is 6.30. The predicted octanol–water partition coefficient (Wildman–Crippen LogP) is 3.02. The summed E-state index contributed by atoms with van der Waals surface area (Å²) >= 11 is 5.96.